The lowest BCUT2D eigenvalue weighted by Crippen LogP contribution is -2.30. The SMILES string of the molecule is CC/C=C\C/C=C\C/C=C\C/C=C\CCCCC(=O)OC(CO)COP(=O)(O)OCC(COC(=O)CCCCC/C=C\C/C=C\C/C=C\CC)OC(=O)CCCCCCCCCCCCCCCCCCCCC. The molecule has 0 aliphatic heterocycles. The van der Waals surface area contributed by atoms with Crippen LogP contribution < -0.4 is 0 Å². The number of esters is 3. The average Bonchev–Trinajstić information content (AvgIpc) is 3.39. The van der Waals surface area contributed by atoms with Gasteiger partial charge in [0.25, 0.3) is 0 Å². The highest BCUT2D eigenvalue weighted by Gasteiger charge is 2.28. The van der Waals surface area contributed by atoms with Gasteiger partial charge in [0.05, 0.1) is 19.8 Å². The minimum Gasteiger partial charge on any atom is -0.462 e. The molecule has 0 fully saturated rings. The fraction of sp³-hybridized carbons (Fsp3) is 0.726. The molecule has 2 N–H and O–H groups in total. The molecule has 0 amide bonds. The van der Waals surface area contributed by atoms with E-state index in [1.165, 1.54) is 96.3 Å². The first-order valence-corrected chi connectivity index (χ1v) is 31.0. The summed E-state index contributed by atoms with van der Waals surface area (Å²) in [5, 5.41) is 9.81. The van der Waals surface area contributed by atoms with Crippen LogP contribution in [0.25, 0.3) is 0 Å². The summed E-state index contributed by atoms with van der Waals surface area (Å²) < 4.78 is 39.5. The summed E-state index contributed by atoms with van der Waals surface area (Å²) in [6.45, 7) is 4.35. The van der Waals surface area contributed by atoms with E-state index in [9.17, 15) is 28.9 Å². The van der Waals surface area contributed by atoms with Gasteiger partial charge in [0, 0.05) is 19.3 Å². The molecule has 0 aromatic carbocycles. The number of aliphatic hydroxyl groups is 1. The van der Waals surface area contributed by atoms with Crippen molar-refractivity contribution in [2.75, 3.05) is 26.4 Å². The summed E-state index contributed by atoms with van der Waals surface area (Å²) in [5.74, 6) is -1.54. The normalized spacial score (nSPS) is 14.0. The van der Waals surface area contributed by atoms with Crippen molar-refractivity contribution in [1.82, 2.24) is 0 Å². The van der Waals surface area contributed by atoms with Crippen LogP contribution in [0.4, 0.5) is 0 Å². The van der Waals surface area contributed by atoms with Gasteiger partial charge in [-0.3, -0.25) is 23.4 Å². The third-order valence-corrected chi connectivity index (χ3v) is 13.3. The zero-order chi connectivity index (χ0) is 54.1. The summed E-state index contributed by atoms with van der Waals surface area (Å²) in [5.41, 5.74) is 0. The third kappa shape index (κ3) is 53.5. The third-order valence-electron chi connectivity index (χ3n) is 12.3. The van der Waals surface area contributed by atoms with Crippen molar-refractivity contribution >= 4 is 25.7 Å². The topological polar surface area (TPSA) is 155 Å². The van der Waals surface area contributed by atoms with Crippen molar-refractivity contribution in [2.24, 2.45) is 0 Å². The number of aliphatic hydroxyl groups excluding tert-OH is 1. The molecule has 12 heteroatoms. The van der Waals surface area contributed by atoms with Crippen LogP contribution in [0.5, 0.6) is 0 Å². The van der Waals surface area contributed by atoms with Gasteiger partial charge in [0.1, 0.15) is 12.7 Å². The maximum atomic E-state index is 12.9. The zero-order valence-electron chi connectivity index (χ0n) is 47.0. The number of hydrogen-bond acceptors (Lipinski definition) is 10. The predicted molar refractivity (Wildman–Crippen MR) is 307 cm³/mol. The molecular weight excluding hydrogens is 952 g/mol. The summed E-state index contributed by atoms with van der Waals surface area (Å²) in [6, 6.07) is 0. The number of unbranched alkanes of at least 4 members (excludes halogenated alkanes) is 23. The smallest absolute Gasteiger partial charge is 0.462 e. The fourth-order valence-electron chi connectivity index (χ4n) is 7.89. The first-order valence-electron chi connectivity index (χ1n) is 29.5. The number of ether oxygens (including phenoxy) is 3. The van der Waals surface area contributed by atoms with E-state index in [1.54, 1.807) is 0 Å². The van der Waals surface area contributed by atoms with Crippen molar-refractivity contribution in [1.29, 1.82) is 0 Å². The molecule has 0 saturated heterocycles. The quantitative estimate of drug-likeness (QED) is 0.0197. The minimum absolute atomic E-state index is 0.121. The van der Waals surface area contributed by atoms with Crippen LogP contribution in [0, 0.1) is 0 Å². The van der Waals surface area contributed by atoms with E-state index in [2.05, 4.69) is 106 Å². The van der Waals surface area contributed by atoms with Crippen LogP contribution in [0.2, 0.25) is 0 Å². The number of rotatable bonds is 54. The van der Waals surface area contributed by atoms with Gasteiger partial charge in [-0.05, 0) is 89.9 Å². The van der Waals surface area contributed by atoms with Crippen LogP contribution >= 0.6 is 7.82 Å². The maximum absolute atomic E-state index is 12.9. The Morgan fingerprint density at radius 2 is 0.703 bits per heavy atom. The molecule has 0 heterocycles. The van der Waals surface area contributed by atoms with Gasteiger partial charge in [-0.15, -0.1) is 0 Å². The maximum Gasteiger partial charge on any atom is 0.472 e. The lowest BCUT2D eigenvalue weighted by atomic mass is 10.0. The van der Waals surface area contributed by atoms with E-state index >= 15 is 0 Å². The fourth-order valence-corrected chi connectivity index (χ4v) is 8.68. The molecule has 0 radical (unpaired) electrons. The Hall–Kier alpha value is -3.34. The van der Waals surface area contributed by atoms with Crippen molar-refractivity contribution in [2.45, 2.75) is 264 Å². The largest absolute Gasteiger partial charge is 0.472 e. The van der Waals surface area contributed by atoms with E-state index in [4.69, 9.17) is 23.3 Å². The van der Waals surface area contributed by atoms with E-state index in [1.807, 2.05) is 0 Å². The van der Waals surface area contributed by atoms with Gasteiger partial charge in [0.2, 0.25) is 0 Å². The van der Waals surface area contributed by atoms with Crippen LogP contribution in [-0.2, 0) is 42.2 Å². The summed E-state index contributed by atoms with van der Waals surface area (Å²) in [4.78, 5) is 48.5. The van der Waals surface area contributed by atoms with E-state index in [0.717, 1.165) is 96.3 Å². The Labute approximate surface area is 451 Å². The van der Waals surface area contributed by atoms with Crippen LogP contribution in [0.15, 0.2) is 85.1 Å². The molecule has 3 atom stereocenters. The van der Waals surface area contributed by atoms with Crippen molar-refractivity contribution in [3.63, 3.8) is 0 Å². The highest BCUT2D eigenvalue weighted by atomic mass is 31.2. The number of phosphoric ester groups is 1. The molecule has 0 spiro atoms. The zero-order valence-corrected chi connectivity index (χ0v) is 47.9. The molecule has 0 saturated carbocycles. The second-order valence-corrected chi connectivity index (χ2v) is 20.9. The Morgan fingerprint density at radius 3 is 1.11 bits per heavy atom. The molecule has 11 nitrogen and oxygen atoms in total. The first kappa shape index (κ1) is 70.7. The Morgan fingerprint density at radius 1 is 0.392 bits per heavy atom. The van der Waals surface area contributed by atoms with Gasteiger partial charge in [-0.1, -0.05) is 228 Å². The van der Waals surface area contributed by atoms with Crippen LogP contribution in [-0.4, -0.2) is 66.5 Å². The molecule has 0 rings (SSSR count). The van der Waals surface area contributed by atoms with E-state index in [0.29, 0.717) is 19.3 Å². The van der Waals surface area contributed by atoms with Gasteiger partial charge >= 0.3 is 25.7 Å². The molecule has 426 valence electrons. The second kappa shape index (κ2) is 55.9. The first-order chi connectivity index (χ1) is 36.2. The lowest BCUT2D eigenvalue weighted by molar-refractivity contribution is -0.161. The average molecular weight is 1060 g/mol. The number of phosphoric acid groups is 1. The predicted octanol–water partition coefficient (Wildman–Crippen LogP) is 17.5. The van der Waals surface area contributed by atoms with Gasteiger partial charge in [0.15, 0.2) is 6.10 Å². The number of allylic oxidation sites excluding steroid dienone is 14. The molecule has 0 aliphatic rings. The van der Waals surface area contributed by atoms with E-state index in [-0.39, 0.29) is 25.9 Å². The lowest BCUT2D eigenvalue weighted by Gasteiger charge is -2.21. The molecule has 0 aliphatic carbocycles. The second-order valence-electron chi connectivity index (χ2n) is 19.4. The van der Waals surface area contributed by atoms with Gasteiger partial charge < -0.3 is 24.2 Å². The molecule has 0 aromatic rings. The molecular formula is C62H107O11P. The summed E-state index contributed by atoms with van der Waals surface area (Å²) in [7, 11) is -4.77. The molecule has 0 bridgehead atoms. The highest BCUT2D eigenvalue weighted by Crippen LogP contribution is 2.43. The summed E-state index contributed by atoms with van der Waals surface area (Å²) >= 11 is 0. The van der Waals surface area contributed by atoms with Crippen LogP contribution in [0.3, 0.4) is 0 Å². The standard InChI is InChI=1S/C62H107O11P/c1-4-7-10-13-16-19-22-25-27-28-29-30-32-35-38-41-44-47-50-53-62(66)73-59(55-69-60(64)51-48-45-42-39-36-33-24-21-18-15-12-9-6-3)57-71-74(67,68)70-56-58(54-63)72-61(65)52-49-46-43-40-37-34-31-26-23-20-17-14-11-8-5-2/h8-9,11-12,17-18,20-21,26,31,33,36-37,40,58-59,63H,4-7,10,13-16,19,22-25,27-30,32,34-35,38-39,41-57H2,1-3H3,(H,67,68)/b11-8-,12-9-,20-17-,21-18-,31-26-,36-33-,40-37-. The van der Waals surface area contributed by atoms with Gasteiger partial charge in [-0.25, -0.2) is 4.57 Å². The Kier molecular flexibility index (Phi) is 53.4. The van der Waals surface area contributed by atoms with Gasteiger partial charge in [-0.2, -0.15) is 0 Å². The number of hydrogen-bond donors (Lipinski definition) is 2. The molecule has 0 aromatic heterocycles. The van der Waals surface area contributed by atoms with Crippen molar-refractivity contribution in [3.8, 4) is 0 Å². The molecule has 74 heavy (non-hydrogen) atoms. The Bertz CT molecular complexity index is 1560. The number of carbonyl (C=O) groups is 3. The summed E-state index contributed by atoms with van der Waals surface area (Å²) in [6.07, 6.45) is 64.1. The Balaban J connectivity index is 4.75. The van der Waals surface area contributed by atoms with Crippen LogP contribution in [0.1, 0.15) is 252 Å². The monoisotopic (exact) mass is 1060 g/mol. The van der Waals surface area contributed by atoms with E-state index < -0.39 is 57.8 Å². The minimum atomic E-state index is -4.77. The number of carbonyl (C=O) groups excluding carboxylic acids is 3. The molecule has 3 unspecified atom stereocenters. The highest BCUT2D eigenvalue weighted by molar-refractivity contribution is 7.47. The van der Waals surface area contributed by atoms with Crippen molar-refractivity contribution in [3.05, 3.63) is 85.1 Å². The van der Waals surface area contributed by atoms with Crippen molar-refractivity contribution < 1.29 is 52.2 Å².